The quantitative estimate of drug-likeness (QED) is 0.449. The molecule has 0 N–H and O–H groups in total. The lowest BCUT2D eigenvalue weighted by Crippen LogP contribution is -2.16. The van der Waals surface area contributed by atoms with Gasteiger partial charge in [-0.05, 0) is 44.2 Å². The van der Waals surface area contributed by atoms with Gasteiger partial charge in [0.2, 0.25) is 0 Å². The Morgan fingerprint density at radius 3 is 1.35 bits per heavy atom. The smallest absolute Gasteiger partial charge is 0.0105 e. The average molecular weight is 343 g/mol. The van der Waals surface area contributed by atoms with Gasteiger partial charge in [0.1, 0.15) is 0 Å². The van der Waals surface area contributed by atoms with Gasteiger partial charge in [0, 0.05) is 0 Å². The molecular formula is C26H30. The second-order valence-corrected chi connectivity index (χ2v) is 9.21. The summed E-state index contributed by atoms with van der Waals surface area (Å²) in [7, 11) is 0. The number of rotatable bonds is 2. The summed E-state index contributed by atoms with van der Waals surface area (Å²) in [6.45, 7) is 13.8. The highest BCUT2D eigenvalue weighted by Crippen LogP contribution is 2.37. The third-order valence-electron chi connectivity index (χ3n) is 4.99. The molecule has 0 aliphatic carbocycles. The first-order valence-corrected chi connectivity index (χ1v) is 9.47. The first-order valence-electron chi connectivity index (χ1n) is 9.47. The Bertz CT molecular complexity index is 855. The lowest BCUT2D eigenvalue weighted by atomic mass is 9.78. The van der Waals surface area contributed by atoms with E-state index in [4.69, 9.17) is 0 Å². The van der Waals surface area contributed by atoms with Crippen molar-refractivity contribution in [2.24, 2.45) is 0 Å². The molecular weight excluding hydrogens is 312 g/mol. The van der Waals surface area contributed by atoms with Crippen molar-refractivity contribution in [3.63, 3.8) is 0 Å². The number of hydrogen-bond donors (Lipinski definition) is 0. The minimum atomic E-state index is 0.123. The normalized spacial score (nSPS) is 12.2. The van der Waals surface area contributed by atoms with E-state index in [1.807, 2.05) is 0 Å². The third kappa shape index (κ3) is 3.90. The zero-order valence-electron chi connectivity index (χ0n) is 16.9. The molecule has 134 valence electrons. The van der Waals surface area contributed by atoms with Crippen LogP contribution in [0, 0.1) is 0 Å². The van der Waals surface area contributed by atoms with Crippen molar-refractivity contribution in [3.8, 4) is 22.3 Å². The van der Waals surface area contributed by atoms with Gasteiger partial charge in [-0.25, -0.2) is 0 Å². The molecule has 3 aromatic carbocycles. The van der Waals surface area contributed by atoms with E-state index in [-0.39, 0.29) is 10.8 Å². The third-order valence-corrected chi connectivity index (χ3v) is 4.99. The first-order chi connectivity index (χ1) is 12.2. The zero-order chi connectivity index (χ0) is 18.9. The summed E-state index contributed by atoms with van der Waals surface area (Å²) in [6, 6.07) is 26.5. The maximum absolute atomic E-state index is 2.38. The van der Waals surface area contributed by atoms with Crippen molar-refractivity contribution in [2.75, 3.05) is 0 Å². The maximum Gasteiger partial charge on any atom is -0.0105 e. The van der Waals surface area contributed by atoms with Gasteiger partial charge < -0.3 is 0 Å². The van der Waals surface area contributed by atoms with E-state index >= 15 is 0 Å². The molecule has 26 heavy (non-hydrogen) atoms. The van der Waals surface area contributed by atoms with Crippen LogP contribution >= 0.6 is 0 Å². The fourth-order valence-electron chi connectivity index (χ4n) is 3.25. The molecule has 0 nitrogen and oxygen atoms in total. The van der Waals surface area contributed by atoms with Crippen LogP contribution in [0.1, 0.15) is 52.7 Å². The Labute approximate surface area is 158 Å². The number of benzene rings is 3. The van der Waals surface area contributed by atoms with Crippen LogP contribution in [-0.2, 0) is 10.8 Å². The first kappa shape index (κ1) is 18.5. The van der Waals surface area contributed by atoms with Crippen LogP contribution in [-0.4, -0.2) is 0 Å². The zero-order valence-corrected chi connectivity index (χ0v) is 16.9. The fraction of sp³-hybridized carbons (Fsp3) is 0.308. The van der Waals surface area contributed by atoms with Gasteiger partial charge in [-0.3, -0.25) is 0 Å². The van der Waals surface area contributed by atoms with E-state index in [2.05, 4.69) is 114 Å². The standard InChI is InChI=1S/C26H30/c1-25(2,3)21-16-20(17-22(18-21)26(4,5)6)24-15-11-10-14-23(24)19-12-8-7-9-13-19/h7-18H,1-6H3. The Morgan fingerprint density at radius 1 is 0.462 bits per heavy atom. The van der Waals surface area contributed by atoms with Crippen molar-refractivity contribution < 1.29 is 0 Å². The van der Waals surface area contributed by atoms with Crippen molar-refractivity contribution in [3.05, 3.63) is 83.9 Å². The molecule has 0 saturated carbocycles. The summed E-state index contributed by atoms with van der Waals surface area (Å²) in [4.78, 5) is 0. The highest BCUT2D eigenvalue weighted by molar-refractivity contribution is 5.84. The van der Waals surface area contributed by atoms with Gasteiger partial charge in [0.05, 0.1) is 0 Å². The van der Waals surface area contributed by atoms with Crippen LogP contribution in [0.15, 0.2) is 72.8 Å². The minimum Gasteiger partial charge on any atom is -0.0622 e. The van der Waals surface area contributed by atoms with Crippen molar-refractivity contribution >= 4 is 0 Å². The molecule has 0 aromatic heterocycles. The molecule has 0 atom stereocenters. The maximum atomic E-state index is 2.38. The molecule has 3 aromatic rings. The molecule has 0 radical (unpaired) electrons. The fourth-order valence-corrected chi connectivity index (χ4v) is 3.25. The van der Waals surface area contributed by atoms with Crippen LogP contribution in [0.25, 0.3) is 22.3 Å². The molecule has 0 fully saturated rings. The van der Waals surface area contributed by atoms with Gasteiger partial charge in [0.25, 0.3) is 0 Å². The van der Waals surface area contributed by atoms with Gasteiger partial charge in [-0.15, -0.1) is 0 Å². The van der Waals surface area contributed by atoms with Crippen molar-refractivity contribution in [2.45, 2.75) is 52.4 Å². The lowest BCUT2D eigenvalue weighted by molar-refractivity contribution is 0.569. The molecule has 0 aliphatic rings. The SMILES string of the molecule is CC(C)(C)c1cc(-c2ccccc2-c2ccccc2)cc(C(C)(C)C)c1. The van der Waals surface area contributed by atoms with E-state index in [1.54, 1.807) is 0 Å². The van der Waals surface area contributed by atoms with Gasteiger partial charge in [-0.1, -0.05) is 114 Å². The summed E-state index contributed by atoms with van der Waals surface area (Å²) < 4.78 is 0. The Hall–Kier alpha value is -2.34. The van der Waals surface area contributed by atoms with E-state index in [1.165, 1.54) is 33.4 Å². The summed E-state index contributed by atoms with van der Waals surface area (Å²) >= 11 is 0. The molecule has 0 aliphatic heterocycles. The molecule has 3 rings (SSSR count). The Balaban J connectivity index is 2.25. The molecule has 0 spiro atoms. The second-order valence-electron chi connectivity index (χ2n) is 9.21. The predicted octanol–water partition coefficient (Wildman–Crippen LogP) is 7.62. The second kappa shape index (κ2) is 6.76. The topological polar surface area (TPSA) is 0 Å². The van der Waals surface area contributed by atoms with Gasteiger partial charge in [0.15, 0.2) is 0 Å². The van der Waals surface area contributed by atoms with E-state index < -0.39 is 0 Å². The summed E-state index contributed by atoms with van der Waals surface area (Å²) in [5.41, 5.74) is 8.19. The summed E-state index contributed by atoms with van der Waals surface area (Å²) in [5.74, 6) is 0. The van der Waals surface area contributed by atoms with E-state index in [0.29, 0.717) is 0 Å². The Morgan fingerprint density at radius 2 is 0.885 bits per heavy atom. The molecule has 0 bridgehead atoms. The minimum absolute atomic E-state index is 0.123. The molecule has 0 heteroatoms. The monoisotopic (exact) mass is 342 g/mol. The predicted molar refractivity (Wildman–Crippen MR) is 115 cm³/mol. The highest BCUT2D eigenvalue weighted by Gasteiger charge is 2.21. The van der Waals surface area contributed by atoms with Crippen LogP contribution in [0.2, 0.25) is 0 Å². The molecule has 0 saturated heterocycles. The van der Waals surface area contributed by atoms with Crippen LogP contribution in [0.5, 0.6) is 0 Å². The molecule has 0 amide bonds. The van der Waals surface area contributed by atoms with Crippen molar-refractivity contribution in [1.82, 2.24) is 0 Å². The Kier molecular flexibility index (Phi) is 4.80. The van der Waals surface area contributed by atoms with E-state index in [9.17, 15) is 0 Å². The number of hydrogen-bond acceptors (Lipinski definition) is 0. The van der Waals surface area contributed by atoms with Crippen LogP contribution < -0.4 is 0 Å². The lowest BCUT2D eigenvalue weighted by Gasteiger charge is -2.26. The summed E-state index contributed by atoms with van der Waals surface area (Å²) in [5, 5.41) is 0. The van der Waals surface area contributed by atoms with Crippen LogP contribution in [0.4, 0.5) is 0 Å². The molecule has 0 unspecified atom stereocenters. The van der Waals surface area contributed by atoms with Gasteiger partial charge >= 0.3 is 0 Å². The summed E-state index contributed by atoms with van der Waals surface area (Å²) in [6.07, 6.45) is 0. The molecule has 0 heterocycles. The van der Waals surface area contributed by atoms with Gasteiger partial charge in [-0.2, -0.15) is 0 Å². The van der Waals surface area contributed by atoms with Crippen LogP contribution in [0.3, 0.4) is 0 Å². The highest BCUT2D eigenvalue weighted by atomic mass is 14.3. The largest absolute Gasteiger partial charge is 0.0622 e. The van der Waals surface area contributed by atoms with Crippen molar-refractivity contribution in [1.29, 1.82) is 0 Å². The van der Waals surface area contributed by atoms with E-state index in [0.717, 1.165) is 0 Å². The average Bonchev–Trinajstić information content (AvgIpc) is 2.60.